The predicted octanol–water partition coefficient (Wildman–Crippen LogP) is 11.0. The zero-order valence-corrected chi connectivity index (χ0v) is 33.9. The van der Waals surface area contributed by atoms with Crippen LogP contribution in [0.2, 0.25) is 0 Å². The van der Waals surface area contributed by atoms with Crippen LogP contribution in [0.4, 0.5) is 0 Å². The normalized spacial score (nSPS) is 13.5. The molecule has 5 nitrogen and oxygen atoms in total. The first-order valence-electron chi connectivity index (χ1n) is 25.5. The highest BCUT2D eigenvalue weighted by atomic mass is 16.5. The van der Waals surface area contributed by atoms with Crippen LogP contribution >= 0.6 is 0 Å². The van der Waals surface area contributed by atoms with E-state index in [2.05, 4.69) is 77.6 Å². The molecular weight excluding hydrogens is 767 g/mol. The van der Waals surface area contributed by atoms with E-state index in [0.29, 0.717) is 28.2 Å². The summed E-state index contributed by atoms with van der Waals surface area (Å²) in [7, 11) is 0. The molecule has 0 atom stereocenters. The molecule has 0 spiro atoms. The number of ether oxygens (including phenoxy) is 1. The van der Waals surface area contributed by atoms with E-state index < -0.39 is 60.4 Å². The Morgan fingerprint density at radius 1 is 0.571 bits per heavy atom. The number of hydrogen-bond acceptors (Lipinski definition) is 2. The topological polar surface area (TPSA) is 35.9 Å². The summed E-state index contributed by atoms with van der Waals surface area (Å²) in [5, 5.41) is 0. The number of para-hydroxylation sites is 4. The molecular formula is C57H41BN4O. The van der Waals surface area contributed by atoms with E-state index >= 15 is 0 Å². The Kier molecular flexibility index (Phi) is 7.35. The molecule has 0 fully saturated rings. The lowest BCUT2D eigenvalue weighted by molar-refractivity contribution is -0.571. The van der Waals surface area contributed by atoms with Gasteiger partial charge in [-0.3, -0.25) is 13.7 Å². The molecule has 0 N–H and O–H groups in total. The second kappa shape index (κ2) is 16.3. The highest BCUT2D eigenvalue weighted by molar-refractivity contribution is 6.96. The van der Waals surface area contributed by atoms with E-state index in [1.54, 1.807) is 27.3 Å². The van der Waals surface area contributed by atoms with Crippen molar-refractivity contribution in [3.63, 3.8) is 0 Å². The Morgan fingerprint density at radius 2 is 1.17 bits per heavy atom. The first-order valence-corrected chi connectivity index (χ1v) is 20.5. The Balaban J connectivity index is 1.02. The fourth-order valence-corrected chi connectivity index (χ4v) is 8.52. The summed E-state index contributed by atoms with van der Waals surface area (Å²) >= 11 is 0. The molecule has 0 aliphatic carbocycles. The Labute approximate surface area is 381 Å². The quantitative estimate of drug-likeness (QED) is 0.0783. The van der Waals surface area contributed by atoms with Gasteiger partial charge in [-0.05, 0) is 71.0 Å². The van der Waals surface area contributed by atoms with Crippen LogP contribution in [0.3, 0.4) is 0 Å². The highest BCUT2D eigenvalue weighted by Crippen LogP contribution is 2.35. The van der Waals surface area contributed by atoms with Gasteiger partial charge in [-0.2, -0.15) is 0 Å². The number of aryl methyl sites for hydroxylation is 1. The van der Waals surface area contributed by atoms with Crippen LogP contribution in [0, 0.1) is 13.3 Å². The molecule has 0 aliphatic heterocycles. The first kappa shape index (κ1) is 28.3. The molecule has 9 aromatic carbocycles. The van der Waals surface area contributed by atoms with Crippen molar-refractivity contribution in [1.29, 1.82) is 0 Å². The standard InChI is InChI=1S/C57H41BN4O/c1-41-59-52-39-48(36-37-54(52)62(41)53-33-15-14-32-51(53)58(44-24-10-4-11-25-44)45-26-12-5-13-27-45)63-47-29-18-28-46(38-47)60-40-61(56-35-17-16-34-55(56)60)57-49(42-20-6-2-7-21-42)30-19-31-50(57)43-22-8-3-9-23-43/h2-39H,1H3/i2D,3D,6D,7D,8D,9D,20D,21D,22D,23D. The second-order valence-electron chi connectivity index (χ2n) is 15.0. The molecule has 0 bridgehead atoms. The second-order valence-corrected chi connectivity index (χ2v) is 15.0. The lowest BCUT2D eigenvalue weighted by Crippen LogP contribution is -2.53. The van der Waals surface area contributed by atoms with Gasteiger partial charge in [0.05, 0.1) is 47.1 Å². The van der Waals surface area contributed by atoms with E-state index in [9.17, 15) is 0 Å². The number of imidazole rings is 2. The zero-order chi connectivity index (χ0) is 50.8. The molecule has 2 heterocycles. The van der Waals surface area contributed by atoms with Crippen molar-refractivity contribution in [1.82, 2.24) is 14.1 Å². The number of rotatable bonds is 10. The maximum Gasteiger partial charge on any atom is 0.269 e. The summed E-state index contributed by atoms with van der Waals surface area (Å²) in [6.45, 7) is 1.97. The van der Waals surface area contributed by atoms with Gasteiger partial charge in [-0.25, -0.2) is 4.98 Å². The van der Waals surface area contributed by atoms with Crippen LogP contribution in [0.15, 0.2) is 230 Å². The Hall–Kier alpha value is -8.22. The van der Waals surface area contributed by atoms with Crippen LogP contribution in [0.1, 0.15) is 19.5 Å². The van der Waals surface area contributed by atoms with Crippen molar-refractivity contribution >= 4 is 45.2 Å². The van der Waals surface area contributed by atoms with Crippen molar-refractivity contribution in [3.05, 3.63) is 242 Å². The zero-order valence-electron chi connectivity index (χ0n) is 43.9. The number of nitrogens with zero attached hydrogens (tertiary/aromatic N) is 4. The van der Waals surface area contributed by atoms with Gasteiger partial charge in [0.25, 0.3) is 6.33 Å². The summed E-state index contributed by atoms with van der Waals surface area (Å²) in [5.74, 6) is 1.87. The highest BCUT2D eigenvalue weighted by Gasteiger charge is 2.26. The minimum atomic E-state index is -0.567. The van der Waals surface area contributed by atoms with Gasteiger partial charge in [0.2, 0.25) is 6.71 Å². The summed E-state index contributed by atoms with van der Waals surface area (Å²) in [5.41, 5.74) is 8.24. The lowest BCUT2D eigenvalue weighted by Gasteiger charge is -2.20. The molecule has 0 radical (unpaired) electrons. The summed E-state index contributed by atoms with van der Waals surface area (Å²) in [4.78, 5) is 5.04. The van der Waals surface area contributed by atoms with Crippen LogP contribution in [0.25, 0.3) is 61.4 Å². The van der Waals surface area contributed by atoms with Gasteiger partial charge < -0.3 is 4.74 Å². The van der Waals surface area contributed by atoms with Crippen LogP contribution in [0.5, 0.6) is 11.5 Å². The fourth-order valence-electron chi connectivity index (χ4n) is 8.52. The van der Waals surface area contributed by atoms with Gasteiger partial charge in [0.1, 0.15) is 17.3 Å². The van der Waals surface area contributed by atoms with Crippen molar-refractivity contribution in [3.8, 4) is 50.8 Å². The summed E-state index contributed by atoms with van der Waals surface area (Å²) in [6.07, 6.45) is 3.43. The van der Waals surface area contributed by atoms with E-state index in [-0.39, 0.29) is 34.7 Å². The molecule has 0 aliphatic rings. The number of hydrogen-bond donors (Lipinski definition) is 0. The third-order valence-corrected chi connectivity index (χ3v) is 11.2. The van der Waals surface area contributed by atoms with Crippen molar-refractivity contribution in [2.24, 2.45) is 0 Å². The fraction of sp³-hybridized carbons (Fsp3) is 0.0175. The van der Waals surface area contributed by atoms with Gasteiger partial charge >= 0.3 is 0 Å². The molecule has 2 aromatic heterocycles. The molecule has 0 saturated carbocycles. The monoisotopic (exact) mass is 818 g/mol. The average Bonchev–Trinajstić information content (AvgIpc) is 3.96. The molecule has 11 rings (SSSR count). The third kappa shape index (κ3) is 7.07. The summed E-state index contributed by atoms with van der Waals surface area (Å²) in [6, 6.07) is 49.6. The lowest BCUT2D eigenvalue weighted by atomic mass is 9.36. The van der Waals surface area contributed by atoms with Crippen LogP contribution in [-0.2, 0) is 0 Å². The number of fused-ring (bicyclic) bond motifs is 2. The number of benzene rings is 9. The molecule has 0 amide bonds. The Morgan fingerprint density at radius 3 is 1.87 bits per heavy atom. The van der Waals surface area contributed by atoms with E-state index in [4.69, 9.17) is 23.4 Å². The van der Waals surface area contributed by atoms with Gasteiger partial charge in [0.15, 0.2) is 0 Å². The van der Waals surface area contributed by atoms with E-state index in [1.807, 2.05) is 91.9 Å². The molecule has 11 aromatic rings. The maximum atomic E-state index is 9.01. The molecule has 0 saturated heterocycles. The SMILES string of the molecule is [2H]c1c([2H])c([2H])c(-c2cccc(-c3c([2H])c([2H])c([2H])c([2H])c3[2H])c2-[n+]2[c-]n(-c3cccc(Oc4ccc5c(c4)nc(C)n5-c4ccccc4B(c4ccccc4)c4ccccc4)c3)c3ccccc32)c([2H])c1[2H]. The van der Waals surface area contributed by atoms with E-state index in [1.165, 1.54) is 10.9 Å². The van der Waals surface area contributed by atoms with Gasteiger partial charge in [0, 0.05) is 11.8 Å². The van der Waals surface area contributed by atoms with Crippen molar-refractivity contribution in [2.45, 2.75) is 6.92 Å². The van der Waals surface area contributed by atoms with Crippen molar-refractivity contribution in [2.75, 3.05) is 0 Å². The minimum absolute atomic E-state index is 0.0312. The molecule has 298 valence electrons. The van der Waals surface area contributed by atoms with Gasteiger partial charge in [-0.15, -0.1) is 0 Å². The van der Waals surface area contributed by atoms with Gasteiger partial charge in [-0.1, -0.05) is 199 Å². The first-order chi connectivity index (χ1) is 35.3. The van der Waals surface area contributed by atoms with Crippen LogP contribution in [-0.4, -0.2) is 20.8 Å². The smallest absolute Gasteiger partial charge is 0.269 e. The van der Waals surface area contributed by atoms with Crippen LogP contribution < -0.4 is 25.7 Å². The predicted molar refractivity (Wildman–Crippen MR) is 258 cm³/mol. The Bertz CT molecular complexity index is 3810. The minimum Gasteiger partial charge on any atom is -0.458 e. The molecule has 63 heavy (non-hydrogen) atoms. The molecule has 6 heteroatoms. The molecule has 0 unspecified atom stereocenters. The maximum absolute atomic E-state index is 9.01. The third-order valence-electron chi connectivity index (χ3n) is 11.2. The van der Waals surface area contributed by atoms with Crippen molar-refractivity contribution < 1.29 is 23.0 Å². The largest absolute Gasteiger partial charge is 0.458 e. The average molecular weight is 819 g/mol. The number of aromatic nitrogens is 4. The summed E-state index contributed by atoms with van der Waals surface area (Å²) < 4.78 is 99.1. The van der Waals surface area contributed by atoms with E-state index in [0.717, 1.165) is 28.0 Å².